The number of carbonyl (C=O) groups excluding carboxylic acids is 2. The number of ether oxygens (including phenoxy) is 1. The second-order valence-electron chi connectivity index (χ2n) is 5.88. The molecule has 6 nitrogen and oxygen atoms in total. The summed E-state index contributed by atoms with van der Waals surface area (Å²) in [5, 5.41) is 12.6. The number of rotatable bonds is 8. The molecule has 1 heterocycles. The fourth-order valence-corrected chi connectivity index (χ4v) is 3.28. The summed E-state index contributed by atoms with van der Waals surface area (Å²) in [6, 6.07) is 11.3. The van der Waals surface area contributed by atoms with Gasteiger partial charge in [-0.15, -0.1) is 0 Å². The maximum Gasteiger partial charge on any atom is 0.230 e. The quantitative estimate of drug-likeness (QED) is 0.557. The Hall–Kier alpha value is -2.85. The molecule has 0 saturated carbocycles. The van der Waals surface area contributed by atoms with Gasteiger partial charge in [0, 0.05) is 17.8 Å². The van der Waals surface area contributed by atoms with Gasteiger partial charge in [-0.2, -0.15) is 5.26 Å². The van der Waals surface area contributed by atoms with Crippen molar-refractivity contribution in [2.75, 3.05) is 19.4 Å². The van der Waals surface area contributed by atoms with Crippen LogP contribution in [-0.4, -0.2) is 36.1 Å². The first-order chi connectivity index (χ1) is 12.9. The summed E-state index contributed by atoms with van der Waals surface area (Å²) in [5.74, 6) is 0.686. The van der Waals surface area contributed by atoms with Crippen molar-refractivity contribution in [3.8, 4) is 11.8 Å². The van der Waals surface area contributed by atoms with Crippen LogP contribution in [0.4, 0.5) is 0 Å². The standard InChI is InChI=1S/C20H21N3O3S/c1-13-18(14(2)24)10-16(11-21)20(23-13)27-12-19(25)22-9-8-15-4-6-17(26-3)7-5-15/h4-7,10H,8-9,12H2,1-3H3,(H,22,25). The molecule has 0 radical (unpaired) electrons. The summed E-state index contributed by atoms with van der Waals surface area (Å²) in [6.07, 6.45) is 0.717. The molecule has 27 heavy (non-hydrogen) atoms. The van der Waals surface area contributed by atoms with Crippen molar-refractivity contribution < 1.29 is 14.3 Å². The molecular formula is C20H21N3O3S. The van der Waals surface area contributed by atoms with E-state index in [1.165, 1.54) is 24.8 Å². The Morgan fingerprint density at radius 3 is 2.59 bits per heavy atom. The third-order valence-corrected chi connectivity index (χ3v) is 4.90. The van der Waals surface area contributed by atoms with Crippen molar-refractivity contribution in [2.45, 2.75) is 25.3 Å². The van der Waals surface area contributed by atoms with Crippen molar-refractivity contribution >= 4 is 23.5 Å². The predicted molar refractivity (Wildman–Crippen MR) is 104 cm³/mol. The average Bonchev–Trinajstić information content (AvgIpc) is 2.66. The normalized spacial score (nSPS) is 10.1. The zero-order chi connectivity index (χ0) is 19.8. The van der Waals surface area contributed by atoms with E-state index in [2.05, 4.69) is 10.3 Å². The number of nitriles is 1. The highest BCUT2D eigenvalue weighted by Crippen LogP contribution is 2.23. The number of nitrogens with one attached hydrogen (secondary N) is 1. The van der Waals surface area contributed by atoms with E-state index >= 15 is 0 Å². The Balaban J connectivity index is 1.87. The van der Waals surface area contributed by atoms with E-state index in [0.717, 1.165) is 11.3 Å². The van der Waals surface area contributed by atoms with Crippen molar-refractivity contribution in [1.82, 2.24) is 10.3 Å². The summed E-state index contributed by atoms with van der Waals surface area (Å²) in [5.41, 5.74) is 2.40. The molecule has 0 aliphatic rings. The van der Waals surface area contributed by atoms with E-state index in [9.17, 15) is 14.9 Å². The number of aromatic nitrogens is 1. The number of thioether (sulfide) groups is 1. The number of methoxy groups -OCH3 is 1. The van der Waals surface area contributed by atoms with Gasteiger partial charge in [-0.25, -0.2) is 4.98 Å². The molecule has 0 unspecified atom stereocenters. The number of aryl methyl sites for hydroxylation is 1. The van der Waals surface area contributed by atoms with Crippen LogP contribution in [0.3, 0.4) is 0 Å². The summed E-state index contributed by atoms with van der Waals surface area (Å²) in [6.45, 7) is 3.68. The predicted octanol–water partition coefficient (Wildman–Crippen LogP) is 2.92. The lowest BCUT2D eigenvalue weighted by Crippen LogP contribution is -2.27. The number of benzene rings is 1. The average molecular weight is 383 g/mol. The zero-order valence-electron chi connectivity index (χ0n) is 15.5. The van der Waals surface area contributed by atoms with Gasteiger partial charge in [-0.05, 0) is 44.0 Å². The molecule has 0 aliphatic carbocycles. The minimum absolute atomic E-state index is 0.132. The maximum absolute atomic E-state index is 12.0. The monoisotopic (exact) mass is 383 g/mol. The number of nitrogens with zero attached hydrogens (tertiary/aromatic N) is 2. The molecule has 1 N–H and O–H groups in total. The molecule has 0 aliphatic heterocycles. The highest BCUT2D eigenvalue weighted by atomic mass is 32.2. The molecule has 1 aromatic heterocycles. The van der Waals surface area contributed by atoms with E-state index in [4.69, 9.17) is 4.74 Å². The Bertz CT molecular complexity index is 873. The van der Waals surface area contributed by atoms with Gasteiger partial charge in [0.15, 0.2) is 5.78 Å². The van der Waals surface area contributed by atoms with Crippen LogP contribution in [-0.2, 0) is 11.2 Å². The van der Waals surface area contributed by atoms with Crippen molar-refractivity contribution in [2.24, 2.45) is 0 Å². The van der Waals surface area contributed by atoms with Crippen molar-refractivity contribution in [3.05, 3.63) is 52.7 Å². The number of carbonyl (C=O) groups is 2. The van der Waals surface area contributed by atoms with Crippen LogP contribution in [0.1, 0.15) is 34.1 Å². The van der Waals surface area contributed by atoms with Crippen LogP contribution < -0.4 is 10.1 Å². The first-order valence-electron chi connectivity index (χ1n) is 8.39. The topological polar surface area (TPSA) is 92.1 Å². The van der Waals surface area contributed by atoms with E-state index in [1.807, 2.05) is 30.3 Å². The van der Waals surface area contributed by atoms with Gasteiger partial charge in [0.1, 0.15) is 16.8 Å². The number of Topliss-reactive ketones (excluding diaryl/α,β-unsaturated/α-hetero) is 1. The molecule has 0 spiro atoms. The molecule has 0 saturated heterocycles. The highest BCUT2D eigenvalue weighted by molar-refractivity contribution is 8.00. The summed E-state index contributed by atoms with van der Waals surface area (Å²) >= 11 is 1.19. The van der Waals surface area contributed by atoms with Crippen LogP contribution in [0.5, 0.6) is 5.75 Å². The van der Waals surface area contributed by atoms with Gasteiger partial charge in [0.05, 0.1) is 18.4 Å². The van der Waals surface area contributed by atoms with Gasteiger partial charge in [-0.3, -0.25) is 9.59 Å². The molecule has 0 fully saturated rings. The molecule has 2 aromatic rings. The Morgan fingerprint density at radius 2 is 2.00 bits per heavy atom. The van der Waals surface area contributed by atoms with Crippen LogP contribution in [0.2, 0.25) is 0 Å². The second kappa shape index (κ2) is 9.74. The molecule has 7 heteroatoms. The highest BCUT2D eigenvalue weighted by Gasteiger charge is 2.14. The number of hydrogen-bond donors (Lipinski definition) is 1. The minimum atomic E-state index is -0.135. The van der Waals surface area contributed by atoms with Crippen LogP contribution in [0.15, 0.2) is 35.4 Å². The minimum Gasteiger partial charge on any atom is -0.497 e. The molecule has 1 amide bonds. The summed E-state index contributed by atoms with van der Waals surface area (Å²) in [4.78, 5) is 27.9. The van der Waals surface area contributed by atoms with Crippen LogP contribution in [0, 0.1) is 18.3 Å². The number of ketones is 1. The SMILES string of the molecule is COc1ccc(CCNC(=O)CSc2nc(C)c(C(C)=O)cc2C#N)cc1. The molecule has 140 valence electrons. The first kappa shape index (κ1) is 20.5. The smallest absolute Gasteiger partial charge is 0.230 e. The van der Waals surface area contributed by atoms with Gasteiger partial charge in [0.2, 0.25) is 5.91 Å². The second-order valence-corrected chi connectivity index (χ2v) is 6.84. The maximum atomic E-state index is 12.0. The van der Waals surface area contributed by atoms with Gasteiger partial charge in [0.25, 0.3) is 0 Å². The van der Waals surface area contributed by atoms with Crippen LogP contribution in [0.25, 0.3) is 0 Å². The van der Waals surface area contributed by atoms with Gasteiger partial charge >= 0.3 is 0 Å². The number of amides is 1. The lowest BCUT2D eigenvalue weighted by atomic mass is 10.1. The van der Waals surface area contributed by atoms with Crippen molar-refractivity contribution in [1.29, 1.82) is 5.26 Å². The van der Waals surface area contributed by atoms with Gasteiger partial charge < -0.3 is 10.1 Å². The van der Waals surface area contributed by atoms with Crippen molar-refractivity contribution in [3.63, 3.8) is 0 Å². The Labute approximate surface area is 162 Å². The van der Waals surface area contributed by atoms with E-state index in [1.54, 1.807) is 14.0 Å². The first-order valence-corrected chi connectivity index (χ1v) is 9.38. The zero-order valence-corrected chi connectivity index (χ0v) is 16.4. The Kier molecular flexibility index (Phi) is 7.38. The largest absolute Gasteiger partial charge is 0.497 e. The third kappa shape index (κ3) is 5.83. The summed E-state index contributed by atoms with van der Waals surface area (Å²) < 4.78 is 5.11. The molecule has 0 atom stereocenters. The lowest BCUT2D eigenvalue weighted by Gasteiger charge is -2.09. The number of hydrogen-bond acceptors (Lipinski definition) is 6. The Morgan fingerprint density at radius 1 is 1.30 bits per heavy atom. The van der Waals surface area contributed by atoms with Crippen LogP contribution >= 0.6 is 11.8 Å². The lowest BCUT2D eigenvalue weighted by molar-refractivity contribution is -0.118. The fourth-order valence-electron chi connectivity index (χ4n) is 2.45. The van der Waals surface area contributed by atoms with E-state index in [0.29, 0.717) is 34.8 Å². The van der Waals surface area contributed by atoms with Gasteiger partial charge in [-0.1, -0.05) is 23.9 Å². The number of pyridine rings is 1. The van der Waals surface area contributed by atoms with E-state index in [-0.39, 0.29) is 17.4 Å². The van der Waals surface area contributed by atoms with E-state index < -0.39 is 0 Å². The third-order valence-electron chi connectivity index (χ3n) is 3.91. The molecule has 0 bridgehead atoms. The summed E-state index contributed by atoms with van der Waals surface area (Å²) in [7, 11) is 1.62. The molecule has 1 aromatic carbocycles. The molecule has 2 rings (SSSR count). The molecular weight excluding hydrogens is 362 g/mol. The fraction of sp³-hybridized carbons (Fsp3) is 0.300.